The van der Waals surface area contributed by atoms with Crippen molar-refractivity contribution >= 4 is 21.6 Å². The summed E-state index contributed by atoms with van der Waals surface area (Å²) in [4.78, 5) is 12.7. The Morgan fingerprint density at radius 2 is 1.62 bits per heavy atom. The summed E-state index contributed by atoms with van der Waals surface area (Å²) in [5.41, 5.74) is 0.955. The standard InChI is InChI=1S/C24H24N2O5S/c1-2-26(19-8-4-3-5-9-19)32(28,29)21-14-12-18(13-15-21)24(27)25-16-20-17-30-22-10-6-7-11-23(22)31-20/h3-15,20H,2,16-17H2,1H3,(H,25,27)/t20-/m1/s1. The van der Waals surface area contributed by atoms with Gasteiger partial charge in [0.25, 0.3) is 15.9 Å². The van der Waals surface area contributed by atoms with Gasteiger partial charge in [0.05, 0.1) is 17.1 Å². The van der Waals surface area contributed by atoms with Crippen LogP contribution in [0.3, 0.4) is 0 Å². The molecule has 166 valence electrons. The summed E-state index contributed by atoms with van der Waals surface area (Å²) >= 11 is 0. The lowest BCUT2D eigenvalue weighted by Crippen LogP contribution is -2.40. The van der Waals surface area contributed by atoms with Crippen LogP contribution in [0, 0.1) is 0 Å². The third kappa shape index (κ3) is 4.55. The summed E-state index contributed by atoms with van der Waals surface area (Å²) in [6.45, 7) is 2.68. The second-order valence-corrected chi connectivity index (χ2v) is 9.10. The first-order valence-electron chi connectivity index (χ1n) is 10.3. The Balaban J connectivity index is 1.40. The third-order valence-electron chi connectivity index (χ3n) is 5.09. The van der Waals surface area contributed by atoms with E-state index < -0.39 is 10.0 Å². The van der Waals surface area contributed by atoms with E-state index >= 15 is 0 Å². The zero-order chi connectivity index (χ0) is 22.6. The van der Waals surface area contributed by atoms with Crippen molar-refractivity contribution in [2.24, 2.45) is 0 Å². The van der Waals surface area contributed by atoms with Crippen molar-refractivity contribution in [2.45, 2.75) is 17.9 Å². The first-order valence-corrected chi connectivity index (χ1v) is 11.8. The molecule has 7 nitrogen and oxygen atoms in total. The van der Waals surface area contributed by atoms with Gasteiger partial charge < -0.3 is 14.8 Å². The molecule has 0 fully saturated rings. The van der Waals surface area contributed by atoms with Gasteiger partial charge >= 0.3 is 0 Å². The molecule has 8 heteroatoms. The molecule has 1 aliphatic heterocycles. The first kappa shape index (κ1) is 21.7. The van der Waals surface area contributed by atoms with Gasteiger partial charge in [-0.25, -0.2) is 8.42 Å². The van der Waals surface area contributed by atoms with Gasteiger partial charge in [0.2, 0.25) is 0 Å². The highest BCUT2D eigenvalue weighted by atomic mass is 32.2. The molecule has 4 rings (SSSR count). The number of hydrogen-bond acceptors (Lipinski definition) is 5. The number of nitrogens with zero attached hydrogens (tertiary/aromatic N) is 1. The summed E-state index contributed by atoms with van der Waals surface area (Å²) in [6.07, 6.45) is -0.308. The summed E-state index contributed by atoms with van der Waals surface area (Å²) in [6, 6.07) is 22.2. The molecule has 0 bridgehead atoms. The lowest BCUT2D eigenvalue weighted by Gasteiger charge is -2.26. The van der Waals surface area contributed by atoms with Gasteiger partial charge in [-0.15, -0.1) is 0 Å². The predicted molar refractivity (Wildman–Crippen MR) is 122 cm³/mol. The summed E-state index contributed by atoms with van der Waals surface area (Å²) in [5.74, 6) is 1.02. The van der Waals surface area contributed by atoms with E-state index in [4.69, 9.17) is 9.47 Å². The van der Waals surface area contributed by atoms with Gasteiger partial charge in [-0.3, -0.25) is 9.10 Å². The minimum Gasteiger partial charge on any atom is -0.486 e. The maximum absolute atomic E-state index is 13.1. The molecule has 1 heterocycles. The zero-order valence-electron chi connectivity index (χ0n) is 17.6. The van der Waals surface area contributed by atoms with Crippen molar-refractivity contribution in [2.75, 3.05) is 24.0 Å². The molecule has 0 saturated heterocycles. The molecule has 1 amide bonds. The number of carbonyl (C=O) groups excluding carboxylic acids is 1. The largest absolute Gasteiger partial charge is 0.486 e. The van der Waals surface area contributed by atoms with Gasteiger partial charge in [0, 0.05) is 12.1 Å². The second-order valence-electron chi connectivity index (χ2n) is 7.24. The number of amides is 1. The molecule has 1 N–H and O–H groups in total. The van der Waals surface area contributed by atoms with E-state index in [-0.39, 0.29) is 23.5 Å². The Hall–Kier alpha value is -3.52. The zero-order valence-corrected chi connectivity index (χ0v) is 18.4. The van der Waals surface area contributed by atoms with E-state index in [9.17, 15) is 13.2 Å². The monoisotopic (exact) mass is 452 g/mol. The SMILES string of the molecule is CCN(c1ccccc1)S(=O)(=O)c1ccc(C(=O)NC[C@@H]2COc3ccccc3O2)cc1. The quantitative estimate of drug-likeness (QED) is 0.593. The Kier molecular flexibility index (Phi) is 6.32. The molecular formula is C24H24N2O5S. The minimum absolute atomic E-state index is 0.125. The number of sulfonamides is 1. The van der Waals surface area contributed by atoms with Gasteiger partial charge in [-0.05, 0) is 55.5 Å². The predicted octanol–water partition coefficient (Wildman–Crippen LogP) is 3.47. The van der Waals surface area contributed by atoms with Gasteiger partial charge in [0.15, 0.2) is 11.5 Å². The molecule has 1 aliphatic rings. The van der Waals surface area contributed by atoms with Crippen molar-refractivity contribution in [1.82, 2.24) is 5.32 Å². The molecule has 32 heavy (non-hydrogen) atoms. The second kappa shape index (κ2) is 9.32. The van der Waals surface area contributed by atoms with E-state index in [2.05, 4.69) is 5.32 Å². The van der Waals surface area contributed by atoms with Crippen molar-refractivity contribution in [3.63, 3.8) is 0 Å². The lowest BCUT2D eigenvalue weighted by molar-refractivity contribution is 0.0789. The van der Waals surface area contributed by atoms with Crippen LogP contribution in [-0.2, 0) is 10.0 Å². The number of carbonyl (C=O) groups is 1. The normalized spacial score (nSPS) is 15.1. The van der Waals surface area contributed by atoms with Gasteiger partial charge in [-0.2, -0.15) is 0 Å². The van der Waals surface area contributed by atoms with Crippen LogP contribution in [0.1, 0.15) is 17.3 Å². The van der Waals surface area contributed by atoms with Crippen molar-refractivity contribution in [3.05, 3.63) is 84.4 Å². The highest BCUT2D eigenvalue weighted by Crippen LogP contribution is 2.30. The van der Waals surface area contributed by atoms with Gasteiger partial charge in [-0.1, -0.05) is 30.3 Å². The van der Waals surface area contributed by atoms with E-state index in [1.54, 1.807) is 31.2 Å². The molecule has 3 aromatic carbocycles. The minimum atomic E-state index is -3.74. The Bertz CT molecular complexity index is 1180. The van der Waals surface area contributed by atoms with Crippen molar-refractivity contribution < 1.29 is 22.7 Å². The molecule has 0 aromatic heterocycles. The number of para-hydroxylation sites is 3. The summed E-state index contributed by atoms with van der Waals surface area (Å²) in [5, 5.41) is 2.81. The molecule has 0 saturated carbocycles. The highest BCUT2D eigenvalue weighted by molar-refractivity contribution is 7.92. The highest BCUT2D eigenvalue weighted by Gasteiger charge is 2.24. The van der Waals surface area contributed by atoms with Crippen LogP contribution >= 0.6 is 0 Å². The Morgan fingerprint density at radius 1 is 0.969 bits per heavy atom. The van der Waals surface area contributed by atoms with Crippen LogP contribution in [0.4, 0.5) is 5.69 Å². The molecule has 0 spiro atoms. The summed E-state index contributed by atoms with van der Waals surface area (Å²) in [7, 11) is -3.74. The molecule has 0 unspecified atom stereocenters. The maximum Gasteiger partial charge on any atom is 0.264 e. The van der Waals surface area contributed by atoms with Crippen LogP contribution in [0.25, 0.3) is 0 Å². The van der Waals surface area contributed by atoms with E-state index in [1.807, 2.05) is 30.3 Å². The van der Waals surface area contributed by atoms with E-state index in [0.717, 1.165) is 0 Å². The van der Waals surface area contributed by atoms with Crippen molar-refractivity contribution in [1.29, 1.82) is 0 Å². The van der Waals surface area contributed by atoms with Crippen molar-refractivity contribution in [3.8, 4) is 11.5 Å². The summed E-state index contributed by atoms with van der Waals surface area (Å²) < 4.78 is 39.0. The topological polar surface area (TPSA) is 84.9 Å². The number of fused-ring (bicyclic) bond motifs is 1. The third-order valence-corrected chi connectivity index (χ3v) is 7.01. The van der Waals surface area contributed by atoms with Crippen LogP contribution < -0.4 is 19.1 Å². The number of ether oxygens (including phenoxy) is 2. The lowest BCUT2D eigenvalue weighted by atomic mass is 10.2. The number of benzene rings is 3. The number of anilines is 1. The molecule has 3 aromatic rings. The fraction of sp³-hybridized carbons (Fsp3) is 0.208. The fourth-order valence-corrected chi connectivity index (χ4v) is 4.94. The molecular weight excluding hydrogens is 428 g/mol. The van der Waals surface area contributed by atoms with Crippen LogP contribution in [0.5, 0.6) is 11.5 Å². The average Bonchev–Trinajstić information content (AvgIpc) is 2.83. The maximum atomic E-state index is 13.1. The molecule has 0 aliphatic carbocycles. The Morgan fingerprint density at radius 3 is 2.31 bits per heavy atom. The van der Waals surface area contributed by atoms with Crippen LogP contribution in [0.2, 0.25) is 0 Å². The number of hydrogen-bond donors (Lipinski definition) is 1. The van der Waals surface area contributed by atoms with E-state index in [0.29, 0.717) is 35.9 Å². The van der Waals surface area contributed by atoms with E-state index in [1.165, 1.54) is 28.6 Å². The first-order chi connectivity index (χ1) is 15.5. The smallest absolute Gasteiger partial charge is 0.264 e. The number of nitrogens with one attached hydrogen (secondary N) is 1. The van der Waals surface area contributed by atoms with Crippen LogP contribution in [0.15, 0.2) is 83.8 Å². The van der Waals surface area contributed by atoms with Crippen LogP contribution in [-0.4, -0.2) is 40.1 Å². The Labute approximate surface area is 187 Å². The average molecular weight is 453 g/mol. The molecule has 0 radical (unpaired) electrons. The molecule has 1 atom stereocenters. The fourth-order valence-electron chi connectivity index (χ4n) is 3.46. The van der Waals surface area contributed by atoms with Gasteiger partial charge in [0.1, 0.15) is 12.7 Å². The number of rotatable bonds is 7.